The van der Waals surface area contributed by atoms with Gasteiger partial charge < -0.3 is 30.5 Å². The first-order valence-corrected chi connectivity index (χ1v) is 15.5. The van der Waals surface area contributed by atoms with Gasteiger partial charge in [-0.1, -0.05) is 11.6 Å². The molecule has 232 valence electrons. The molecule has 0 saturated heterocycles. The van der Waals surface area contributed by atoms with Gasteiger partial charge in [-0.15, -0.1) is 0 Å². The van der Waals surface area contributed by atoms with Crippen molar-refractivity contribution >= 4 is 29.3 Å². The van der Waals surface area contributed by atoms with Gasteiger partial charge >= 0.3 is 0 Å². The molecule has 0 aliphatic heterocycles. The molecule has 3 saturated carbocycles. The zero-order valence-electron chi connectivity index (χ0n) is 24.9. The Bertz CT molecular complexity index is 1250. The lowest BCUT2D eigenvalue weighted by Gasteiger charge is -2.29. The summed E-state index contributed by atoms with van der Waals surface area (Å²) in [5.74, 6) is 1.60. The van der Waals surface area contributed by atoms with Gasteiger partial charge in [0.05, 0.1) is 30.7 Å². The molecule has 43 heavy (non-hydrogen) atoms. The van der Waals surface area contributed by atoms with Crippen molar-refractivity contribution in [1.82, 2.24) is 19.9 Å². The Hall–Kier alpha value is -3.29. The smallest absolute Gasteiger partial charge is 0.224 e. The number of aliphatic hydroxyl groups is 1. The van der Waals surface area contributed by atoms with Crippen LogP contribution >= 0.6 is 11.6 Å². The van der Waals surface area contributed by atoms with Gasteiger partial charge in [0, 0.05) is 32.3 Å². The summed E-state index contributed by atoms with van der Waals surface area (Å²) in [7, 11) is 3.52. The van der Waals surface area contributed by atoms with Gasteiger partial charge in [-0.2, -0.15) is 20.5 Å². The van der Waals surface area contributed by atoms with Crippen molar-refractivity contribution in [2.24, 2.45) is 0 Å². The molecule has 3 fully saturated rings. The largest absolute Gasteiger partial charge is 0.393 e. The van der Waals surface area contributed by atoms with E-state index in [0.717, 1.165) is 70.6 Å². The van der Waals surface area contributed by atoms with Crippen LogP contribution in [0.1, 0.15) is 88.2 Å². The number of halogens is 1. The number of hydrogen-bond acceptors (Lipinski definition) is 12. The maximum atomic E-state index is 9.84. The Labute approximate surface area is 258 Å². The Morgan fingerprint density at radius 3 is 1.77 bits per heavy atom. The van der Waals surface area contributed by atoms with E-state index < -0.39 is 0 Å². The fourth-order valence-corrected chi connectivity index (χ4v) is 6.06. The normalized spacial score (nSPS) is 27.0. The molecule has 0 aromatic carbocycles. The van der Waals surface area contributed by atoms with E-state index in [-0.39, 0.29) is 17.3 Å². The van der Waals surface area contributed by atoms with E-state index in [1.807, 2.05) is 6.07 Å². The lowest BCUT2D eigenvalue weighted by Crippen LogP contribution is -2.31. The molecule has 2 aromatic rings. The summed E-state index contributed by atoms with van der Waals surface area (Å²) >= 11 is 5.86. The predicted molar refractivity (Wildman–Crippen MR) is 164 cm³/mol. The van der Waals surface area contributed by atoms with Gasteiger partial charge in [-0.05, 0) is 77.0 Å². The van der Waals surface area contributed by atoms with Gasteiger partial charge in [0.2, 0.25) is 11.9 Å². The SMILES string of the molecule is COC1CCC(Nc2ncc(C#N)c(Cl)n2)CC1.COC1CCC(Nc2ncc(C#N)c(N[C@H]3CCC[C@H](O)C3)n2)CC1. The Morgan fingerprint density at radius 2 is 1.28 bits per heavy atom. The van der Waals surface area contributed by atoms with Crippen LogP contribution < -0.4 is 16.0 Å². The Morgan fingerprint density at radius 1 is 0.744 bits per heavy atom. The molecule has 12 nitrogen and oxygen atoms in total. The molecule has 5 rings (SSSR count). The number of nitrogens with zero attached hydrogens (tertiary/aromatic N) is 6. The number of aliphatic hydroxyl groups excluding tert-OH is 1. The molecule has 4 N–H and O–H groups in total. The topological polar surface area (TPSA) is 174 Å². The summed E-state index contributed by atoms with van der Waals surface area (Å²) in [5.41, 5.74) is 0.735. The summed E-state index contributed by atoms with van der Waals surface area (Å²) < 4.78 is 10.7. The third kappa shape index (κ3) is 9.87. The van der Waals surface area contributed by atoms with Gasteiger partial charge in [-0.3, -0.25) is 0 Å². The first-order chi connectivity index (χ1) is 20.9. The van der Waals surface area contributed by atoms with Gasteiger partial charge in [0.25, 0.3) is 0 Å². The molecular weight excluding hydrogens is 570 g/mol. The van der Waals surface area contributed by atoms with Crippen LogP contribution in [-0.2, 0) is 9.47 Å². The van der Waals surface area contributed by atoms with Crippen molar-refractivity contribution in [3.63, 3.8) is 0 Å². The first kappa shape index (κ1) is 32.6. The highest BCUT2D eigenvalue weighted by Crippen LogP contribution is 2.26. The summed E-state index contributed by atoms with van der Waals surface area (Å²) in [6, 6.07) is 4.92. The van der Waals surface area contributed by atoms with Crippen LogP contribution in [0.5, 0.6) is 0 Å². The van der Waals surface area contributed by atoms with Gasteiger partial charge in [-0.25, -0.2) is 9.97 Å². The Balaban J connectivity index is 0.000000208. The van der Waals surface area contributed by atoms with E-state index in [9.17, 15) is 10.4 Å². The van der Waals surface area contributed by atoms with Crippen LogP contribution in [0, 0.1) is 22.7 Å². The van der Waals surface area contributed by atoms with E-state index in [1.54, 1.807) is 20.4 Å². The minimum absolute atomic E-state index is 0.149. The molecule has 2 atom stereocenters. The highest BCUT2D eigenvalue weighted by atomic mass is 35.5. The fourth-order valence-electron chi connectivity index (χ4n) is 5.89. The third-order valence-corrected chi connectivity index (χ3v) is 8.73. The minimum atomic E-state index is -0.271. The van der Waals surface area contributed by atoms with Crippen LogP contribution in [0.25, 0.3) is 0 Å². The monoisotopic (exact) mass is 611 g/mol. The number of ether oxygens (including phenoxy) is 2. The fraction of sp³-hybridized carbons (Fsp3) is 0.667. The molecule has 0 spiro atoms. The number of methoxy groups -OCH3 is 2. The molecule has 3 aliphatic carbocycles. The van der Waals surface area contributed by atoms with Crippen molar-refractivity contribution in [2.75, 3.05) is 30.2 Å². The molecule has 3 aliphatic rings. The predicted octanol–water partition coefficient (Wildman–Crippen LogP) is 4.80. The number of hydrogen-bond donors (Lipinski definition) is 4. The second-order valence-electron chi connectivity index (χ2n) is 11.4. The summed E-state index contributed by atoms with van der Waals surface area (Å²) in [5, 5.41) is 38.0. The van der Waals surface area contributed by atoms with E-state index in [0.29, 0.717) is 59.6 Å². The zero-order chi connectivity index (χ0) is 30.6. The van der Waals surface area contributed by atoms with E-state index in [4.69, 9.17) is 26.3 Å². The number of aromatic nitrogens is 4. The van der Waals surface area contributed by atoms with Crippen LogP contribution in [0.15, 0.2) is 12.4 Å². The third-order valence-electron chi connectivity index (χ3n) is 8.44. The van der Waals surface area contributed by atoms with Crippen LogP contribution in [0.4, 0.5) is 17.7 Å². The maximum Gasteiger partial charge on any atom is 0.224 e. The first-order valence-electron chi connectivity index (χ1n) is 15.1. The van der Waals surface area contributed by atoms with Crippen molar-refractivity contribution in [3.8, 4) is 12.1 Å². The number of rotatable bonds is 8. The van der Waals surface area contributed by atoms with Crippen molar-refractivity contribution in [3.05, 3.63) is 28.7 Å². The molecule has 0 unspecified atom stereocenters. The molecule has 13 heteroatoms. The summed E-state index contributed by atoms with van der Waals surface area (Å²) in [6.07, 6.45) is 15.2. The number of nitriles is 2. The van der Waals surface area contributed by atoms with Crippen LogP contribution in [0.3, 0.4) is 0 Å². The lowest BCUT2D eigenvalue weighted by atomic mass is 9.93. The van der Waals surface area contributed by atoms with Crippen molar-refractivity contribution in [2.45, 2.75) is 113 Å². The van der Waals surface area contributed by atoms with Gasteiger partial charge in [0.15, 0.2) is 5.15 Å². The highest BCUT2D eigenvalue weighted by molar-refractivity contribution is 6.30. The molecule has 0 amide bonds. The van der Waals surface area contributed by atoms with Crippen molar-refractivity contribution < 1.29 is 14.6 Å². The summed E-state index contributed by atoms with van der Waals surface area (Å²) in [4.78, 5) is 17.0. The quantitative estimate of drug-likeness (QED) is 0.300. The molecule has 2 heterocycles. The van der Waals surface area contributed by atoms with Gasteiger partial charge in [0.1, 0.15) is 29.1 Å². The average Bonchev–Trinajstić information content (AvgIpc) is 3.02. The average molecular weight is 612 g/mol. The number of anilines is 3. The van der Waals surface area contributed by atoms with Crippen LogP contribution in [0.2, 0.25) is 5.15 Å². The van der Waals surface area contributed by atoms with E-state index in [2.05, 4.69) is 42.0 Å². The van der Waals surface area contributed by atoms with Crippen molar-refractivity contribution in [1.29, 1.82) is 10.5 Å². The van der Waals surface area contributed by atoms with E-state index in [1.165, 1.54) is 6.20 Å². The second kappa shape index (κ2) is 16.5. The zero-order valence-corrected chi connectivity index (χ0v) is 25.7. The van der Waals surface area contributed by atoms with Crippen LogP contribution in [-0.4, -0.2) is 75.7 Å². The maximum absolute atomic E-state index is 9.84. The Kier molecular flexibility index (Phi) is 12.5. The molecular formula is C30H42ClN9O3. The summed E-state index contributed by atoms with van der Waals surface area (Å²) in [6.45, 7) is 0. The standard InChI is InChI=1S/C18H27N5O2.C12H15ClN4O/c1-25-16-7-5-13(6-8-16)22-18-20-11-12(10-19)17(23-18)21-14-3-2-4-15(24)9-14;1-18-10-4-2-9(3-5-10)16-12-15-7-8(6-14)11(13)17-12/h11,13-16,24H,2-9H2,1H3,(H2,20,21,22,23);7,9-10H,2-5H2,1H3,(H,15,16,17)/t13?,14-,15-,16?;/m0./s1. The molecule has 2 aromatic heterocycles. The molecule has 0 radical (unpaired) electrons. The molecule has 0 bridgehead atoms. The minimum Gasteiger partial charge on any atom is -0.393 e. The lowest BCUT2D eigenvalue weighted by molar-refractivity contribution is 0.0680. The number of nitrogens with one attached hydrogen (secondary N) is 3. The van der Waals surface area contributed by atoms with E-state index >= 15 is 0 Å². The second-order valence-corrected chi connectivity index (χ2v) is 11.8. The highest BCUT2D eigenvalue weighted by Gasteiger charge is 2.24.